The summed E-state index contributed by atoms with van der Waals surface area (Å²) in [5, 5.41) is 2.75. The molecule has 1 fully saturated rings. The normalized spacial score (nSPS) is 21.8. The molecule has 3 aromatic rings. The Morgan fingerprint density at radius 3 is 2.62 bits per heavy atom. The fourth-order valence-corrected chi connectivity index (χ4v) is 4.56. The molecule has 7 nitrogen and oxygen atoms in total. The van der Waals surface area contributed by atoms with Gasteiger partial charge in [-0.1, -0.05) is 11.6 Å². The molecule has 5 rings (SSSR count). The van der Waals surface area contributed by atoms with Gasteiger partial charge < -0.3 is 4.74 Å². The van der Waals surface area contributed by atoms with E-state index < -0.39 is 5.60 Å². The van der Waals surface area contributed by atoms with Gasteiger partial charge >= 0.3 is 5.97 Å². The number of hydrogen-bond acceptors (Lipinski definition) is 6. The number of nitrogens with zero attached hydrogens (tertiary/aromatic N) is 3. The maximum Gasteiger partial charge on any atom is 0.341 e. The molecule has 1 aliphatic heterocycles. The van der Waals surface area contributed by atoms with Crippen molar-refractivity contribution in [1.82, 2.24) is 15.0 Å². The largest absolute Gasteiger partial charge is 0.451 e. The second kappa shape index (κ2) is 7.78. The monoisotopic (exact) mass is 432 g/mol. The van der Waals surface area contributed by atoms with Gasteiger partial charge in [-0.2, -0.15) is 0 Å². The number of amides is 1. The third-order valence-electron chi connectivity index (χ3n) is 6.30. The first-order valence-electron chi connectivity index (χ1n) is 10.5. The van der Waals surface area contributed by atoms with Crippen molar-refractivity contribution in [2.24, 2.45) is 5.92 Å². The standard InChI is InChI=1S/C24H21FN4O3/c1-14-2-3-20(25)17(10-14)16-11-27-23(28-12-16)29-21(30)15-4-7-24(8-5-15)19-6-9-26-13-18(19)22(31)32-24/h2-3,6,9-13,15H,4-5,7-8H2,1H3,(H,27,28,29,30)/t15-,24-. The molecule has 8 heteroatoms. The minimum absolute atomic E-state index is 0.173. The highest BCUT2D eigenvalue weighted by Crippen LogP contribution is 2.47. The summed E-state index contributed by atoms with van der Waals surface area (Å²) in [5.41, 5.74) is 2.60. The molecule has 1 spiro atoms. The van der Waals surface area contributed by atoms with Crippen LogP contribution >= 0.6 is 0 Å². The lowest BCUT2D eigenvalue weighted by molar-refractivity contribution is -0.122. The van der Waals surface area contributed by atoms with E-state index >= 15 is 0 Å². The van der Waals surface area contributed by atoms with Gasteiger partial charge in [0.2, 0.25) is 11.9 Å². The summed E-state index contributed by atoms with van der Waals surface area (Å²) in [4.78, 5) is 37.3. The molecule has 1 aliphatic carbocycles. The number of hydrogen-bond donors (Lipinski definition) is 1. The van der Waals surface area contributed by atoms with Gasteiger partial charge in [0.05, 0.1) is 5.56 Å². The first-order valence-corrected chi connectivity index (χ1v) is 10.5. The topological polar surface area (TPSA) is 94.1 Å². The van der Waals surface area contributed by atoms with Crippen LogP contribution in [-0.4, -0.2) is 26.8 Å². The van der Waals surface area contributed by atoms with Crippen LogP contribution in [0.4, 0.5) is 10.3 Å². The van der Waals surface area contributed by atoms with Crippen LogP contribution in [0.2, 0.25) is 0 Å². The lowest BCUT2D eigenvalue weighted by Gasteiger charge is -2.35. The number of fused-ring (bicyclic) bond motifs is 2. The minimum Gasteiger partial charge on any atom is -0.451 e. The van der Waals surface area contributed by atoms with Crippen molar-refractivity contribution in [3.05, 3.63) is 71.6 Å². The van der Waals surface area contributed by atoms with E-state index in [4.69, 9.17) is 4.74 Å². The average molecular weight is 432 g/mol. The van der Waals surface area contributed by atoms with E-state index in [0.717, 1.165) is 11.1 Å². The van der Waals surface area contributed by atoms with Gasteiger partial charge in [-0.25, -0.2) is 19.2 Å². The summed E-state index contributed by atoms with van der Waals surface area (Å²) in [7, 11) is 0. The number of aromatic nitrogens is 3. The fraction of sp³-hybridized carbons (Fsp3) is 0.292. The van der Waals surface area contributed by atoms with Crippen molar-refractivity contribution in [2.45, 2.75) is 38.2 Å². The van der Waals surface area contributed by atoms with Crippen molar-refractivity contribution in [3.8, 4) is 11.1 Å². The Morgan fingerprint density at radius 2 is 1.88 bits per heavy atom. The van der Waals surface area contributed by atoms with E-state index in [-0.39, 0.29) is 29.6 Å². The summed E-state index contributed by atoms with van der Waals surface area (Å²) in [6.45, 7) is 1.88. The molecule has 0 saturated heterocycles. The lowest BCUT2D eigenvalue weighted by atomic mass is 9.75. The van der Waals surface area contributed by atoms with Gasteiger partial charge in [-0.05, 0) is 50.8 Å². The van der Waals surface area contributed by atoms with Crippen LogP contribution in [0.5, 0.6) is 0 Å². The van der Waals surface area contributed by atoms with Gasteiger partial charge in [-0.3, -0.25) is 15.1 Å². The van der Waals surface area contributed by atoms with Crippen molar-refractivity contribution in [3.63, 3.8) is 0 Å². The zero-order valence-corrected chi connectivity index (χ0v) is 17.5. The van der Waals surface area contributed by atoms with Gasteiger partial charge in [0.1, 0.15) is 11.4 Å². The lowest BCUT2D eigenvalue weighted by Crippen LogP contribution is -2.36. The van der Waals surface area contributed by atoms with E-state index in [0.29, 0.717) is 42.4 Å². The molecule has 1 amide bonds. The van der Waals surface area contributed by atoms with Crippen LogP contribution < -0.4 is 5.32 Å². The van der Waals surface area contributed by atoms with E-state index in [2.05, 4.69) is 20.3 Å². The molecule has 1 aromatic carbocycles. The Hall–Kier alpha value is -3.68. The molecule has 32 heavy (non-hydrogen) atoms. The van der Waals surface area contributed by atoms with Crippen molar-refractivity contribution < 1.29 is 18.7 Å². The highest BCUT2D eigenvalue weighted by molar-refractivity contribution is 5.94. The number of nitrogens with one attached hydrogen (secondary N) is 1. The minimum atomic E-state index is -0.665. The van der Waals surface area contributed by atoms with Gasteiger partial charge in [0, 0.05) is 47.4 Å². The number of carbonyl (C=O) groups is 2. The van der Waals surface area contributed by atoms with Gasteiger partial charge in [0.25, 0.3) is 0 Å². The molecule has 1 saturated carbocycles. The first-order chi connectivity index (χ1) is 15.4. The Labute approximate surface area is 184 Å². The smallest absolute Gasteiger partial charge is 0.341 e. The SMILES string of the molecule is Cc1ccc(F)c(-c2cnc(NC(=O)[C@H]3CC[C@@]4(CC3)OC(=O)c3cnccc34)nc2)c1. The number of benzene rings is 1. The zero-order chi connectivity index (χ0) is 22.3. The second-order valence-corrected chi connectivity index (χ2v) is 8.35. The maximum absolute atomic E-state index is 14.1. The molecular formula is C24H21FN4O3. The Balaban J connectivity index is 1.24. The van der Waals surface area contributed by atoms with Crippen molar-refractivity contribution in [2.75, 3.05) is 5.32 Å². The molecule has 0 atom stereocenters. The number of esters is 1. The molecule has 162 valence electrons. The van der Waals surface area contributed by atoms with Gasteiger partial charge in [0.15, 0.2) is 0 Å². The maximum atomic E-state index is 14.1. The van der Waals surface area contributed by atoms with Crippen LogP contribution in [0, 0.1) is 18.7 Å². The molecular weight excluding hydrogens is 411 g/mol. The van der Waals surface area contributed by atoms with E-state index in [9.17, 15) is 14.0 Å². The molecule has 0 radical (unpaired) electrons. The predicted molar refractivity (Wildman–Crippen MR) is 114 cm³/mol. The highest BCUT2D eigenvalue weighted by atomic mass is 19.1. The number of ether oxygens (including phenoxy) is 1. The zero-order valence-electron chi connectivity index (χ0n) is 17.5. The molecule has 2 aromatic heterocycles. The van der Waals surface area contributed by atoms with Gasteiger partial charge in [-0.15, -0.1) is 0 Å². The Kier molecular flexibility index (Phi) is 4.92. The number of pyridine rings is 1. The fourth-order valence-electron chi connectivity index (χ4n) is 4.56. The average Bonchev–Trinajstić information content (AvgIpc) is 3.08. The van der Waals surface area contributed by atoms with Crippen LogP contribution in [0.25, 0.3) is 11.1 Å². The predicted octanol–water partition coefficient (Wildman–Crippen LogP) is 4.18. The highest BCUT2D eigenvalue weighted by Gasteiger charge is 2.48. The number of rotatable bonds is 3. The van der Waals surface area contributed by atoms with Crippen LogP contribution in [-0.2, 0) is 15.1 Å². The van der Waals surface area contributed by atoms with E-state index in [1.54, 1.807) is 18.3 Å². The van der Waals surface area contributed by atoms with Crippen LogP contribution in [0.15, 0.2) is 49.1 Å². The third kappa shape index (κ3) is 3.51. The number of aryl methyl sites for hydroxylation is 1. The summed E-state index contributed by atoms with van der Waals surface area (Å²) in [5.74, 6) is -0.932. The third-order valence-corrected chi connectivity index (χ3v) is 6.30. The molecule has 0 bridgehead atoms. The Morgan fingerprint density at radius 1 is 1.12 bits per heavy atom. The first kappa shape index (κ1) is 20.2. The van der Waals surface area contributed by atoms with Crippen LogP contribution in [0.1, 0.15) is 47.2 Å². The number of halogens is 1. The Bertz CT molecular complexity index is 1200. The number of anilines is 1. The summed E-state index contributed by atoms with van der Waals surface area (Å²) in [6, 6.07) is 6.67. The summed E-state index contributed by atoms with van der Waals surface area (Å²) < 4.78 is 19.8. The summed E-state index contributed by atoms with van der Waals surface area (Å²) >= 11 is 0. The second-order valence-electron chi connectivity index (χ2n) is 8.35. The molecule has 1 N–H and O–H groups in total. The molecule has 2 aliphatic rings. The van der Waals surface area contributed by atoms with Crippen molar-refractivity contribution in [1.29, 1.82) is 0 Å². The quantitative estimate of drug-likeness (QED) is 0.624. The van der Waals surface area contributed by atoms with Crippen molar-refractivity contribution >= 4 is 17.8 Å². The van der Waals surface area contributed by atoms with E-state index in [1.807, 2.05) is 13.0 Å². The summed E-state index contributed by atoms with van der Waals surface area (Å²) in [6.07, 6.45) is 8.49. The molecule has 0 unspecified atom stereocenters. The van der Waals surface area contributed by atoms with E-state index in [1.165, 1.54) is 24.7 Å². The van der Waals surface area contributed by atoms with Crippen LogP contribution in [0.3, 0.4) is 0 Å². The molecule has 3 heterocycles. The number of carbonyl (C=O) groups excluding carboxylic acids is 2.